The SMILES string of the molecule is O=C(O)CCC(OO)C(=O)O. The number of carbonyl (C=O) groups is 2. The molecule has 0 aromatic rings. The minimum Gasteiger partial charge on any atom is -0.481 e. The highest BCUT2D eigenvalue weighted by Gasteiger charge is 2.18. The molecule has 0 saturated heterocycles. The molecule has 0 saturated carbocycles. The van der Waals surface area contributed by atoms with Crippen molar-refractivity contribution in [1.82, 2.24) is 0 Å². The van der Waals surface area contributed by atoms with Gasteiger partial charge < -0.3 is 10.2 Å². The van der Waals surface area contributed by atoms with Crippen molar-refractivity contribution in [3.8, 4) is 0 Å². The zero-order valence-electron chi connectivity index (χ0n) is 5.56. The van der Waals surface area contributed by atoms with Crippen LogP contribution in [-0.2, 0) is 14.5 Å². The molecule has 0 spiro atoms. The number of carboxylic acids is 2. The summed E-state index contributed by atoms with van der Waals surface area (Å²) in [7, 11) is 0. The lowest BCUT2D eigenvalue weighted by Gasteiger charge is -2.04. The summed E-state index contributed by atoms with van der Waals surface area (Å²) < 4.78 is 0. The van der Waals surface area contributed by atoms with E-state index in [2.05, 4.69) is 4.89 Å². The molecule has 0 bridgehead atoms. The highest BCUT2D eigenvalue weighted by molar-refractivity contribution is 5.73. The molecule has 64 valence electrons. The van der Waals surface area contributed by atoms with Crippen molar-refractivity contribution in [3.05, 3.63) is 0 Å². The molecule has 0 rings (SSSR count). The fraction of sp³-hybridized carbons (Fsp3) is 0.600. The fourth-order valence-corrected chi connectivity index (χ4v) is 0.476. The minimum absolute atomic E-state index is 0.249. The van der Waals surface area contributed by atoms with Gasteiger partial charge in [-0.05, 0) is 6.42 Å². The van der Waals surface area contributed by atoms with Crippen molar-refractivity contribution in [1.29, 1.82) is 0 Å². The van der Waals surface area contributed by atoms with Gasteiger partial charge in [0, 0.05) is 6.42 Å². The third-order valence-corrected chi connectivity index (χ3v) is 1.02. The van der Waals surface area contributed by atoms with E-state index in [9.17, 15) is 9.59 Å². The molecular formula is C5H8O6. The molecule has 1 atom stereocenters. The molecule has 3 N–H and O–H groups in total. The molecule has 11 heavy (non-hydrogen) atoms. The van der Waals surface area contributed by atoms with Crippen LogP contribution < -0.4 is 0 Å². The molecule has 0 aliphatic carbocycles. The average Bonchev–Trinajstić information content (AvgIpc) is 1.87. The van der Waals surface area contributed by atoms with Crippen molar-refractivity contribution in [2.75, 3.05) is 0 Å². The first-order valence-corrected chi connectivity index (χ1v) is 2.82. The Morgan fingerprint density at radius 2 is 1.91 bits per heavy atom. The third-order valence-electron chi connectivity index (χ3n) is 1.02. The Hall–Kier alpha value is -1.14. The van der Waals surface area contributed by atoms with Crippen LogP contribution in [0.25, 0.3) is 0 Å². The Balaban J connectivity index is 3.70. The topological polar surface area (TPSA) is 104 Å². The molecule has 0 aromatic carbocycles. The Bertz CT molecular complexity index is 153. The van der Waals surface area contributed by atoms with E-state index in [1.54, 1.807) is 0 Å². The van der Waals surface area contributed by atoms with Crippen LogP contribution >= 0.6 is 0 Å². The molecule has 1 unspecified atom stereocenters. The first-order chi connectivity index (χ1) is 5.07. The summed E-state index contributed by atoms with van der Waals surface area (Å²) in [6.45, 7) is 0. The molecule has 0 aliphatic heterocycles. The van der Waals surface area contributed by atoms with E-state index in [0.717, 1.165) is 0 Å². The van der Waals surface area contributed by atoms with Gasteiger partial charge in [0.25, 0.3) is 0 Å². The number of hydrogen-bond acceptors (Lipinski definition) is 4. The normalized spacial score (nSPS) is 12.5. The van der Waals surface area contributed by atoms with Gasteiger partial charge in [-0.15, -0.1) is 0 Å². The predicted octanol–water partition coefficient (Wildman–Crippen LogP) is -0.206. The molecule has 0 heterocycles. The average molecular weight is 164 g/mol. The van der Waals surface area contributed by atoms with E-state index in [-0.39, 0.29) is 12.8 Å². The van der Waals surface area contributed by atoms with Gasteiger partial charge in [0.05, 0.1) is 0 Å². The lowest BCUT2D eigenvalue weighted by molar-refractivity contribution is -0.277. The van der Waals surface area contributed by atoms with E-state index in [4.69, 9.17) is 15.5 Å². The first kappa shape index (κ1) is 9.86. The molecule has 0 fully saturated rings. The lowest BCUT2D eigenvalue weighted by Crippen LogP contribution is -2.23. The summed E-state index contributed by atoms with van der Waals surface area (Å²) in [6.07, 6.45) is -2.05. The molecular weight excluding hydrogens is 156 g/mol. The standard InChI is InChI=1S/C5H8O6/c6-4(7)2-1-3(11-10)5(8)9/h3,10H,1-2H2,(H,6,7)(H,8,9). The van der Waals surface area contributed by atoms with Crippen molar-refractivity contribution < 1.29 is 29.9 Å². The zero-order chi connectivity index (χ0) is 8.85. The largest absolute Gasteiger partial charge is 0.481 e. The van der Waals surface area contributed by atoms with Crippen molar-refractivity contribution in [2.24, 2.45) is 0 Å². The molecule has 6 heteroatoms. The van der Waals surface area contributed by atoms with Gasteiger partial charge >= 0.3 is 11.9 Å². The summed E-state index contributed by atoms with van der Waals surface area (Å²) in [6, 6.07) is 0. The number of rotatable bonds is 5. The summed E-state index contributed by atoms with van der Waals surface area (Å²) >= 11 is 0. The lowest BCUT2D eigenvalue weighted by atomic mass is 10.2. The van der Waals surface area contributed by atoms with Crippen LogP contribution in [0.2, 0.25) is 0 Å². The second kappa shape index (κ2) is 4.64. The maximum Gasteiger partial charge on any atom is 0.336 e. The van der Waals surface area contributed by atoms with E-state index >= 15 is 0 Å². The van der Waals surface area contributed by atoms with E-state index < -0.39 is 18.0 Å². The second-order valence-corrected chi connectivity index (χ2v) is 1.86. The predicted molar refractivity (Wildman–Crippen MR) is 32.0 cm³/mol. The fourth-order valence-electron chi connectivity index (χ4n) is 0.476. The summed E-state index contributed by atoms with van der Waals surface area (Å²) in [5.74, 6) is -2.51. The van der Waals surface area contributed by atoms with Crippen molar-refractivity contribution in [2.45, 2.75) is 18.9 Å². The quantitative estimate of drug-likeness (QED) is 0.383. The van der Waals surface area contributed by atoms with Crippen LogP contribution in [0.5, 0.6) is 0 Å². The molecule has 0 radical (unpaired) electrons. The smallest absolute Gasteiger partial charge is 0.336 e. The highest BCUT2D eigenvalue weighted by atomic mass is 17.1. The number of carboxylic acid groups (broad SMARTS) is 2. The van der Waals surface area contributed by atoms with Crippen LogP contribution in [0.1, 0.15) is 12.8 Å². The van der Waals surface area contributed by atoms with Crippen LogP contribution in [0, 0.1) is 0 Å². The van der Waals surface area contributed by atoms with E-state index in [1.807, 2.05) is 0 Å². The van der Waals surface area contributed by atoms with Crippen LogP contribution in [-0.4, -0.2) is 33.5 Å². The third kappa shape index (κ3) is 4.29. The highest BCUT2D eigenvalue weighted by Crippen LogP contribution is 2.00. The Kier molecular flexibility index (Phi) is 4.16. The first-order valence-electron chi connectivity index (χ1n) is 2.82. The maximum atomic E-state index is 10.1. The van der Waals surface area contributed by atoms with Crippen molar-refractivity contribution >= 4 is 11.9 Å². The van der Waals surface area contributed by atoms with Gasteiger partial charge in [-0.1, -0.05) is 0 Å². The number of aliphatic carboxylic acids is 2. The van der Waals surface area contributed by atoms with E-state index in [1.165, 1.54) is 0 Å². The Morgan fingerprint density at radius 1 is 1.36 bits per heavy atom. The summed E-state index contributed by atoms with van der Waals surface area (Å²) in [4.78, 5) is 23.5. The number of hydrogen-bond donors (Lipinski definition) is 3. The summed E-state index contributed by atoms with van der Waals surface area (Å²) in [5.41, 5.74) is 0. The van der Waals surface area contributed by atoms with Gasteiger partial charge in [0.2, 0.25) is 0 Å². The molecule has 6 nitrogen and oxygen atoms in total. The molecule has 0 aliphatic rings. The van der Waals surface area contributed by atoms with Crippen LogP contribution in [0.4, 0.5) is 0 Å². The van der Waals surface area contributed by atoms with Gasteiger partial charge in [0.15, 0.2) is 6.10 Å². The Labute approximate surface area is 61.9 Å². The van der Waals surface area contributed by atoms with Gasteiger partial charge in [-0.2, -0.15) is 0 Å². The Morgan fingerprint density at radius 3 is 2.18 bits per heavy atom. The monoisotopic (exact) mass is 164 g/mol. The van der Waals surface area contributed by atoms with Crippen molar-refractivity contribution in [3.63, 3.8) is 0 Å². The molecule has 0 amide bonds. The summed E-state index contributed by atoms with van der Waals surface area (Å²) in [5, 5.41) is 24.3. The molecule has 0 aromatic heterocycles. The van der Waals surface area contributed by atoms with Crippen LogP contribution in [0.15, 0.2) is 0 Å². The van der Waals surface area contributed by atoms with Gasteiger partial charge in [-0.3, -0.25) is 10.1 Å². The minimum atomic E-state index is -1.45. The van der Waals surface area contributed by atoms with Gasteiger partial charge in [0.1, 0.15) is 0 Å². The second-order valence-electron chi connectivity index (χ2n) is 1.86. The van der Waals surface area contributed by atoms with E-state index in [0.29, 0.717) is 0 Å². The zero-order valence-corrected chi connectivity index (χ0v) is 5.56. The maximum absolute atomic E-state index is 10.1. The van der Waals surface area contributed by atoms with Crippen LogP contribution in [0.3, 0.4) is 0 Å². The van der Waals surface area contributed by atoms with Gasteiger partial charge in [-0.25, -0.2) is 9.68 Å².